The molecule has 0 saturated heterocycles. The molecule has 0 unspecified atom stereocenters. The van der Waals surface area contributed by atoms with Gasteiger partial charge in [-0.1, -0.05) is 29.3 Å². The molecule has 142 valence electrons. The Hall–Kier alpha value is -2.08. The normalized spacial score (nSPS) is 11.0. The van der Waals surface area contributed by atoms with Gasteiger partial charge in [0.05, 0.1) is 10.7 Å². The van der Waals surface area contributed by atoms with Crippen LogP contribution in [0.25, 0.3) is 5.69 Å². The molecule has 3 nitrogen and oxygen atoms in total. The van der Waals surface area contributed by atoms with Crippen molar-refractivity contribution >= 4 is 23.2 Å². The first kappa shape index (κ1) is 19.7. The minimum Gasteiger partial charge on any atom is -0.484 e. The lowest BCUT2D eigenvalue weighted by Gasteiger charge is -2.13. The molecule has 7 heteroatoms. The quantitative estimate of drug-likeness (QED) is 0.551. The zero-order chi connectivity index (χ0) is 19.4. The molecular weight excluding hydrogens is 395 g/mol. The Kier molecular flexibility index (Phi) is 6.37. The third-order valence-electron chi connectivity index (χ3n) is 4.14. The van der Waals surface area contributed by atoms with E-state index in [1.54, 1.807) is 29.0 Å². The Morgan fingerprint density at radius 1 is 0.963 bits per heavy atom. The van der Waals surface area contributed by atoms with Gasteiger partial charge in [0.25, 0.3) is 0 Å². The highest BCUT2D eigenvalue weighted by atomic mass is 35.5. The maximum Gasteiger partial charge on any atom is 0.200 e. The number of hydrogen-bond acceptors (Lipinski definition) is 2. The lowest BCUT2D eigenvalue weighted by Crippen LogP contribution is -2.06. The van der Waals surface area contributed by atoms with Crippen molar-refractivity contribution < 1.29 is 18.6 Å². The maximum atomic E-state index is 14.3. The Balaban J connectivity index is 1.80. The van der Waals surface area contributed by atoms with Crippen LogP contribution in [0, 0.1) is 11.6 Å². The van der Waals surface area contributed by atoms with E-state index in [1.165, 1.54) is 12.1 Å². The number of aryl methyl sites for hydroxylation is 1. The molecule has 0 fully saturated rings. The van der Waals surface area contributed by atoms with E-state index in [0.717, 1.165) is 5.69 Å². The number of hydrogen-bond donors (Lipinski definition) is 1. The number of benzene rings is 2. The second kappa shape index (κ2) is 8.74. The summed E-state index contributed by atoms with van der Waals surface area (Å²) in [6.07, 6.45) is 2.38. The Morgan fingerprint density at radius 2 is 1.70 bits per heavy atom. The van der Waals surface area contributed by atoms with Crippen LogP contribution < -0.4 is 4.74 Å². The predicted octanol–water partition coefficient (Wildman–Crippen LogP) is 5.57. The first-order valence-corrected chi connectivity index (χ1v) is 9.09. The van der Waals surface area contributed by atoms with E-state index in [4.69, 9.17) is 33.0 Å². The van der Waals surface area contributed by atoms with Crippen LogP contribution in [0.4, 0.5) is 8.78 Å². The van der Waals surface area contributed by atoms with Gasteiger partial charge in [-0.05, 0) is 54.8 Å². The van der Waals surface area contributed by atoms with Crippen LogP contribution in [0.15, 0.2) is 48.7 Å². The summed E-state index contributed by atoms with van der Waals surface area (Å²) in [5.74, 6) is -2.20. The van der Waals surface area contributed by atoms with E-state index in [0.29, 0.717) is 22.2 Å². The lowest BCUT2D eigenvalue weighted by atomic mass is 10.1. The summed E-state index contributed by atoms with van der Waals surface area (Å²) >= 11 is 12.1. The fourth-order valence-electron chi connectivity index (χ4n) is 2.72. The average Bonchev–Trinajstić information content (AvgIpc) is 3.03. The number of nitrogens with zero attached hydrogens (tertiary/aromatic N) is 1. The van der Waals surface area contributed by atoms with E-state index < -0.39 is 11.6 Å². The summed E-state index contributed by atoms with van der Waals surface area (Å²) in [6.45, 7) is -0.125. The number of halogens is 4. The van der Waals surface area contributed by atoms with Crippen LogP contribution in [0.3, 0.4) is 0 Å². The number of aromatic nitrogens is 1. The minimum absolute atomic E-state index is 0.0409. The van der Waals surface area contributed by atoms with Crippen molar-refractivity contribution in [1.82, 2.24) is 4.57 Å². The monoisotopic (exact) mass is 411 g/mol. The maximum absolute atomic E-state index is 14.3. The molecule has 27 heavy (non-hydrogen) atoms. The number of rotatable bonds is 7. The van der Waals surface area contributed by atoms with Gasteiger partial charge in [0, 0.05) is 23.5 Å². The predicted molar refractivity (Wildman–Crippen MR) is 102 cm³/mol. The lowest BCUT2D eigenvalue weighted by molar-refractivity contribution is 0.276. The fourth-order valence-corrected chi connectivity index (χ4v) is 3.04. The van der Waals surface area contributed by atoms with Crippen molar-refractivity contribution in [2.45, 2.75) is 19.4 Å². The van der Waals surface area contributed by atoms with E-state index in [-0.39, 0.29) is 30.9 Å². The van der Waals surface area contributed by atoms with Gasteiger partial charge in [-0.25, -0.2) is 4.39 Å². The molecule has 0 aliphatic carbocycles. The molecule has 0 amide bonds. The molecule has 0 atom stereocenters. The summed E-state index contributed by atoms with van der Waals surface area (Å²) in [4.78, 5) is 0. The largest absolute Gasteiger partial charge is 0.484 e. The van der Waals surface area contributed by atoms with Crippen molar-refractivity contribution in [3.63, 3.8) is 0 Å². The smallest absolute Gasteiger partial charge is 0.200 e. The first-order valence-electron chi connectivity index (χ1n) is 8.33. The third-order valence-corrected chi connectivity index (χ3v) is 4.73. The highest BCUT2D eigenvalue weighted by Gasteiger charge is 2.16. The zero-order valence-electron chi connectivity index (χ0n) is 14.3. The standard InChI is InChI=1S/C20H17Cl2F2NO2/c21-14-4-6-15(7-5-14)25-10-9-16(22)17(25)12-27-18-8-3-13(2-1-11-26)19(23)20(18)24/h3-10,26H,1-2,11-12H2. The van der Waals surface area contributed by atoms with Gasteiger partial charge in [0.15, 0.2) is 11.6 Å². The molecule has 3 rings (SSSR count). The molecule has 1 heterocycles. The fraction of sp³-hybridized carbons (Fsp3) is 0.200. The molecule has 3 aromatic rings. The topological polar surface area (TPSA) is 34.4 Å². The van der Waals surface area contributed by atoms with Gasteiger partial charge in [-0.2, -0.15) is 4.39 Å². The van der Waals surface area contributed by atoms with Gasteiger partial charge in [-0.15, -0.1) is 0 Å². The summed E-state index contributed by atoms with van der Waals surface area (Å²) < 4.78 is 35.7. The van der Waals surface area contributed by atoms with Crippen molar-refractivity contribution in [2.24, 2.45) is 0 Å². The van der Waals surface area contributed by atoms with Crippen LogP contribution in [-0.2, 0) is 13.0 Å². The van der Waals surface area contributed by atoms with Gasteiger partial charge < -0.3 is 14.4 Å². The molecule has 0 aliphatic heterocycles. The SMILES string of the molecule is OCCCc1ccc(OCc2c(Cl)ccn2-c2ccc(Cl)cc2)c(F)c1F. The van der Waals surface area contributed by atoms with Crippen molar-refractivity contribution in [2.75, 3.05) is 6.61 Å². The van der Waals surface area contributed by atoms with Crippen LogP contribution >= 0.6 is 23.2 Å². The van der Waals surface area contributed by atoms with E-state index in [9.17, 15) is 8.78 Å². The van der Waals surface area contributed by atoms with E-state index >= 15 is 0 Å². The first-order chi connectivity index (χ1) is 13.0. The molecular formula is C20H17Cl2F2NO2. The molecule has 0 aliphatic rings. The minimum atomic E-state index is -1.05. The third kappa shape index (κ3) is 4.43. The van der Waals surface area contributed by atoms with Crippen LogP contribution in [0.2, 0.25) is 10.0 Å². The summed E-state index contributed by atoms with van der Waals surface area (Å²) in [5, 5.41) is 9.88. The summed E-state index contributed by atoms with van der Waals surface area (Å²) in [6, 6.07) is 11.7. The van der Waals surface area contributed by atoms with Crippen LogP contribution in [0.5, 0.6) is 5.75 Å². The Labute approximate surface area is 165 Å². The van der Waals surface area contributed by atoms with Crippen molar-refractivity contribution in [3.8, 4) is 11.4 Å². The van der Waals surface area contributed by atoms with Crippen molar-refractivity contribution in [3.05, 3.63) is 81.6 Å². The molecule has 0 radical (unpaired) electrons. The van der Waals surface area contributed by atoms with Gasteiger partial charge in [0.2, 0.25) is 5.82 Å². The van der Waals surface area contributed by atoms with Gasteiger partial charge in [-0.3, -0.25) is 0 Å². The number of ether oxygens (including phenoxy) is 1. The molecule has 0 bridgehead atoms. The molecule has 1 N–H and O–H groups in total. The Morgan fingerprint density at radius 3 is 2.41 bits per heavy atom. The van der Waals surface area contributed by atoms with E-state index in [2.05, 4.69) is 0 Å². The van der Waals surface area contributed by atoms with Crippen LogP contribution in [0.1, 0.15) is 17.7 Å². The summed E-state index contributed by atoms with van der Waals surface area (Å²) in [5.41, 5.74) is 1.62. The van der Waals surface area contributed by atoms with Crippen molar-refractivity contribution in [1.29, 1.82) is 0 Å². The molecule has 2 aromatic carbocycles. The number of aliphatic hydroxyl groups is 1. The average molecular weight is 412 g/mol. The molecule has 0 spiro atoms. The highest BCUT2D eigenvalue weighted by Crippen LogP contribution is 2.27. The van der Waals surface area contributed by atoms with Gasteiger partial charge >= 0.3 is 0 Å². The van der Waals surface area contributed by atoms with Crippen LogP contribution in [-0.4, -0.2) is 16.3 Å². The number of aliphatic hydroxyl groups excluding tert-OH is 1. The molecule has 0 saturated carbocycles. The summed E-state index contributed by atoms with van der Waals surface area (Å²) in [7, 11) is 0. The van der Waals surface area contributed by atoms with Gasteiger partial charge in [0.1, 0.15) is 6.61 Å². The van der Waals surface area contributed by atoms with E-state index in [1.807, 2.05) is 12.1 Å². The second-order valence-electron chi connectivity index (χ2n) is 5.92. The second-order valence-corrected chi connectivity index (χ2v) is 6.77. The molecule has 1 aromatic heterocycles. The highest BCUT2D eigenvalue weighted by molar-refractivity contribution is 6.31. The Bertz CT molecular complexity index is 926. The zero-order valence-corrected chi connectivity index (χ0v) is 15.8.